The molecule has 26 heavy (non-hydrogen) atoms. The minimum absolute atomic E-state index is 0.0723. The zero-order valence-electron chi connectivity index (χ0n) is 16.1. The molecule has 2 heterocycles. The van der Waals surface area contributed by atoms with Gasteiger partial charge in [0.05, 0.1) is 3.79 Å². The Balaban J connectivity index is 1.70. The van der Waals surface area contributed by atoms with Gasteiger partial charge in [-0.05, 0) is 28.1 Å². The number of halogens is 1. The molecule has 0 saturated carbocycles. The number of piperazine rings is 1. The lowest BCUT2D eigenvalue weighted by Crippen LogP contribution is -2.53. The van der Waals surface area contributed by atoms with E-state index in [4.69, 9.17) is 0 Å². The fourth-order valence-electron chi connectivity index (χ4n) is 2.72. The monoisotopic (exact) mass is 443 g/mol. The van der Waals surface area contributed by atoms with E-state index in [1.54, 1.807) is 11.3 Å². The summed E-state index contributed by atoms with van der Waals surface area (Å²) in [4.78, 5) is 22.4. The van der Waals surface area contributed by atoms with E-state index in [2.05, 4.69) is 53.5 Å². The third-order valence-corrected chi connectivity index (χ3v) is 5.88. The van der Waals surface area contributed by atoms with Crippen LogP contribution >= 0.6 is 27.3 Å². The second kappa shape index (κ2) is 9.71. The van der Waals surface area contributed by atoms with Gasteiger partial charge < -0.3 is 15.5 Å². The number of nitrogens with zero attached hydrogens (tertiary/aromatic N) is 3. The number of thiophene rings is 1. The summed E-state index contributed by atoms with van der Waals surface area (Å²) in [5.41, 5.74) is -0.351. The number of aliphatic imine (C=N–C) groups is 1. The zero-order valence-corrected chi connectivity index (χ0v) is 18.5. The van der Waals surface area contributed by atoms with Gasteiger partial charge in [0.15, 0.2) is 5.96 Å². The minimum atomic E-state index is -0.351. The molecule has 1 aromatic heterocycles. The molecule has 2 N–H and O–H groups in total. The summed E-state index contributed by atoms with van der Waals surface area (Å²) >= 11 is 5.33. The van der Waals surface area contributed by atoms with E-state index in [0.29, 0.717) is 13.1 Å². The first-order valence-corrected chi connectivity index (χ1v) is 10.6. The fraction of sp³-hybridized carbons (Fsp3) is 0.667. The first-order valence-electron chi connectivity index (χ1n) is 9.00. The smallest absolute Gasteiger partial charge is 0.225 e. The lowest BCUT2D eigenvalue weighted by atomic mass is 9.96. The van der Waals surface area contributed by atoms with Gasteiger partial charge in [-0.1, -0.05) is 20.8 Å². The minimum Gasteiger partial charge on any atom is -0.354 e. The van der Waals surface area contributed by atoms with Crippen LogP contribution in [0.25, 0.3) is 0 Å². The van der Waals surface area contributed by atoms with Gasteiger partial charge in [0.1, 0.15) is 0 Å². The summed E-state index contributed by atoms with van der Waals surface area (Å²) in [6, 6.07) is 4.30. The Kier molecular flexibility index (Phi) is 7.91. The summed E-state index contributed by atoms with van der Waals surface area (Å²) in [5, 5.41) is 6.31. The van der Waals surface area contributed by atoms with Crippen molar-refractivity contribution in [3.8, 4) is 0 Å². The van der Waals surface area contributed by atoms with Gasteiger partial charge in [-0.15, -0.1) is 11.3 Å². The van der Waals surface area contributed by atoms with Gasteiger partial charge in [-0.25, -0.2) is 0 Å². The van der Waals surface area contributed by atoms with Crippen molar-refractivity contribution < 1.29 is 4.79 Å². The third-order valence-electron chi connectivity index (χ3n) is 4.27. The molecule has 1 aliphatic rings. The second-order valence-corrected chi connectivity index (χ2v) is 10.00. The number of amides is 1. The first-order chi connectivity index (χ1) is 12.3. The molecule has 1 saturated heterocycles. The second-order valence-electron chi connectivity index (χ2n) is 7.45. The molecule has 0 aromatic carbocycles. The fourth-order valence-corrected chi connectivity index (χ4v) is 4.25. The molecule has 0 spiro atoms. The highest BCUT2D eigenvalue weighted by Crippen LogP contribution is 2.23. The Morgan fingerprint density at radius 3 is 2.38 bits per heavy atom. The van der Waals surface area contributed by atoms with E-state index in [0.717, 1.165) is 38.7 Å². The van der Waals surface area contributed by atoms with Gasteiger partial charge in [-0.2, -0.15) is 0 Å². The zero-order chi connectivity index (χ0) is 19.2. The van der Waals surface area contributed by atoms with Gasteiger partial charge in [0.25, 0.3) is 0 Å². The van der Waals surface area contributed by atoms with E-state index in [9.17, 15) is 4.79 Å². The van der Waals surface area contributed by atoms with Crippen molar-refractivity contribution in [1.29, 1.82) is 0 Å². The lowest BCUT2D eigenvalue weighted by Gasteiger charge is -2.36. The molecule has 0 aliphatic carbocycles. The maximum Gasteiger partial charge on any atom is 0.225 e. The summed E-state index contributed by atoms with van der Waals surface area (Å²) < 4.78 is 1.19. The van der Waals surface area contributed by atoms with Gasteiger partial charge in [0.2, 0.25) is 5.91 Å². The van der Waals surface area contributed by atoms with Crippen molar-refractivity contribution in [2.45, 2.75) is 27.3 Å². The predicted octanol–water partition coefficient (Wildman–Crippen LogP) is 2.37. The summed E-state index contributed by atoms with van der Waals surface area (Å²) in [6.07, 6.45) is 0. The standard InChI is InChI=1S/C18H30BrN5OS/c1-18(2,3)16(25)21-7-8-22-17(20-4)24-11-9-23(10-12-24)13-14-5-6-15(19)26-14/h5-6H,7-13H2,1-4H3,(H,20,22)(H,21,25). The van der Waals surface area contributed by atoms with E-state index in [1.807, 2.05) is 27.8 Å². The van der Waals surface area contributed by atoms with Crippen LogP contribution in [0.5, 0.6) is 0 Å². The highest BCUT2D eigenvalue weighted by molar-refractivity contribution is 9.11. The van der Waals surface area contributed by atoms with Gasteiger partial charge in [-0.3, -0.25) is 14.7 Å². The molecule has 0 unspecified atom stereocenters. The van der Waals surface area contributed by atoms with Crippen LogP contribution in [-0.2, 0) is 11.3 Å². The van der Waals surface area contributed by atoms with Crippen LogP contribution in [-0.4, -0.2) is 68.0 Å². The van der Waals surface area contributed by atoms with E-state index >= 15 is 0 Å². The molecule has 146 valence electrons. The number of hydrogen-bond donors (Lipinski definition) is 2. The van der Waals surface area contributed by atoms with Crippen LogP contribution in [0.1, 0.15) is 25.6 Å². The van der Waals surface area contributed by atoms with E-state index in [1.165, 1.54) is 8.66 Å². The summed E-state index contributed by atoms with van der Waals surface area (Å²) in [5.74, 6) is 0.983. The molecule has 2 rings (SSSR count). The Morgan fingerprint density at radius 1 is 1.19 bits per heavy atom. The van der Waals surface area contributed by atoms with Gasteiger partial charge in [0, 0.05) is 63.2 Å². The molecule has 0 radical (unpaired) electrons. The summed E-state index contributed by atoms with van der Waals surface area (Å²) in [6.45, 7) is 12.0. The molecule has 1 aromatic rings. The molecule has 1 amide bonds. The van der Waals surface area contributed by atoms with Crippen molar-refractivity contribution >= 4 is 39.1 Å². The average Bonchev–Trinajstić information content (AvgIpc) is 3.00. The van der Waals surface area contributed by atoms with Crippen LogP contribution < -0.4 is 10.6 Å². The molecule has 0 bridgehead atoms. The Labute approximate surface area is 169 Å². The predicted molar refractivity (Wildman–Crippen MR) is 113 cm³/mol. The van der Waals surface area contributed by atoms with E-state index < -0.39 is 0 Å². The van der Waals surface area contributed by atoms with Gasteiger partial charge >= 0.3 is 0 Å². The number of guanidine groups is 1. The third kappa shape index (κ3) is 6.55. The lowest BCUT2D eigenvalue weighted by molar-refractivity contribution is -0.128. The van der Waals surface area contributed by atoms with Crippen LogP contribution in [0, 0.1) is 5.41 Å². The number of carbonyl (C=O) groups excluding carboxylic acids is 1. The molecular weight excluding hydrogens is 414 g/mol. The van der Waals surface area contributed by atoms with Crippen molar-refractivity contribution in [2.75, 3.05) is 46.3 Å². The molecule has 1 aliphatic heterocycles. The van der Waals surface area contributed by atoms with Crippen LogP contribution in [0.15, 0.2) is 20.9 Å². The molecule has 0 atom stereocenters. The SMILES string of the molecule is CN=C(NCCNC(=O)C(C)(C)C)N1CCN(Cc2ccc(Br)s2)CC1. The average molecular weight is 444 g/mol. The molecule has 8 heteroatoms. The highest BCUT2D eigenvalue weighted by atomic mass is 79.9. The van der Waals surface area contributed by atoms with Crippen molar-refractivity contribution in [3.63, 3.8) is 0 Å². The number of rotatable bonds is 5. The Bertz CT molecular complexity index is 617. The Morgan fingerprint density at radius 2 is 1.85 bits per heavy atom. The number of nitrogens with one attached hydrogen (secondary N) is 2. The maximum absolute atomic E-state index is 11.9. The number of carbonyl (C=O) groups is 1. The quantitative estimate of drug-likeness (QED) is 0.416. The maximum atomic E-state index is 11.9. The number of hydrogen-bond acceptors (Lipinski definition) is 4. The van der Waals surface area contributed by atoms with Crippen molar-refractivity contribution in [1.82, 2.24) is 20.4 Å². The first kappa shape index (κ1) is 21.2. The van der Waals surface area contributed by atoms with Crippen molar-refractivity contribution in [2.24, 2.45) is 10.4 Å². The van der Waals surface area contributed by atoms with Crippen molar-refractivity contribution in [3.05, 3.63) is 20.8 Å². The normalized spacial score (nSPS) is 16.7. The largest absolute Gasteiger partial charge is 0.354 e. The molecule has 1 fully saturated rings. The topological polar surface area (TPSA) is 60.0 Å². The van der Waals surface area contributed by atoms with Crippen LogP contribution in [0.2, 0.25) is 0 Å². The summed E-state index contributed by atoms with van der Waals surface area (Å²) in [7, 11) is 1.81. The van der Waals surface area contributed by atoms with Crippen LogP contribution in [0.4, 0.5) is 0 Å². The Hall–Kier alpha value is -1.12. The molecule has 6 nitrogen and oxygen atoms in total. The highest BCUT2D eigenvalue weighted by Gasteiger charge is 2.21. The molecular formula is C18H30BrN5OS. The van der Waals surface area contributed by atoms with Crippen LogP contribution in [0.3, 0.4) is 0 Å². The van der Waals surface area contributed by atoms with E-state index in [-0.39, 0.29) is 11.3 Å².